The largest absolute Gasteiger partial charge is 0.355 e. The van der Waals surface area contributed by atoms with Gasteiger partial charge in [-0.15, -0.1) is 0 Å². The Hall–Kier alpha value is -1.94. The van der Waals surface area contributed by atoms with Gasteiger partial charge in [-0.05, 0) is 49.4 Å². The molecule has 2 nitrogen and oxygen atoms in total. The lowest BCUT2D eigenvalue weighted by Crippen LogP contribution is -1.95. The van der Waals surface area contributed by atoms with Crippen LogP contribution in [0.1, 0.15) is 5.69 Å². The van der Waals surface area contributed by atoms with Crippen LogP contribution in [0.2, 0.25) is 0 Å². The van der Waals surface area contributed by atoms with Gasteiger partial charge in [-0.25, -0.2) is 4.39 Å². The Bertz CT molecular complexity index is 787. The van der Waals surface area contributed by atoms with E-state index in [4.69, 9.17) is 0 Å². The fraction of sp³-hybridized carbons (Fsp3) is 0.0625. The zero-order chi connectivity index (χ0) is 14.1. The van der Waals surface area contributed by atoms with Gasteiger partial charge in [0.15, 0.2) is 0 Å². The van der Waals surface area contributed by atoms with Crippen molar-refractivity contribution < 1.29 is 4.39 Å². The molecule has 0 aliphatic rings. The van der Waals surface area contributed by atoms with Crippen molar-refractivity contribution in [1.29, 1.82) is 0 Å². The van der Waals surface area contributed by atoms with Crippen molar-refractivity contribution in [2.45, 2.75) is 6.92 Å². The molecule has 100 valence electrons. The van der Waals surface area contributed by atoms with Crippen molar-refractivity contribution in [2.24, 2.45) is 0 Å². The molecular weight excluding hydrogens is 319 g/mol. The Morgan fingerprint density at radius 3 is 2.75 bits per heavy atom. The lowest BCUT2D eigenvalue weighted by molar-refractivity contribution is 0.628. The van der Waals surface area contributed by atoms with E-state index in [2.05, 4.69) is 26.2 Å². The normalized spacial score (nSPS) is 10.8. The van der Waals surface area contributed by atoms with Crippen LogP contribution in [0.5, 0.6) is 0 Å². The Balaban J connectivity index is 2.12. The van der Waals surface area contributed by atoms with Crippen molar-refractivity contribution >= 4 is 38.2 Å². The maximum atomic E-state index is 13.3. The Kier molecular flexibility index (Phi) is 3.40. The smallest absolute Gasteiger partial charge is 0.125 e. The third-order valence-corrected chi connectivity index (χ3v) is 3.50. The fourth-order valence-electron chi connectivity index (χ4n) is 2.16. The summed E-state index contributed by atoms with van der Waals surface area (Å²) in [7, 11) is 0. The van der Waals surface area contributed by atoms with Crippen LogP contribution in [-0.4, -0.2) is 4.98 Å². The summed E-state index contributed by atoms with van der Waals surface area (Å²) >= 11 is 3.47. The molecule has 3 rings (SSSR count). The second-order valence-electron chi connectivity index (χ2n) is 4.61. The van der Waals surface area contributed by atoms with Gasteiger partial charge in [0.05, 0.1) is 5.52 Å². The first-order valence-electron chi connectivity index (χ1n) is 6.21. The highest BCUT2D eigenvalue weighted by Crippen LogP contribution is 2.29. The van der Waals surface area contributed by atoms with Crippen LogP contribution in [0.3, 0.4) is 0 Å². The first-order valence-corrected chi connectivity index (χ1v) is 7.00. The zero-order valence-electron chi connectivity index (χ0n) is 10.8. The van der Waals surface area contributed by atoms with Crippen molar-refractivity contribution in [3.63, 3.8) is 0 Å². The number of aromatic nitrogens is 1. The van der Waals surface area contributed by atoms with Gasteiger partial charge in [-0.2, -0.15) is 0 Å². The minimum atomic E-state index is -0.258. The highest BCUT2D eigenvalue weighted by molar-refractivity contribution is 9.10. The molecule has 1 aromatic heterocycles. The van der Waals surface area contributed by atoms with Crippen molar-refractivity contribution in [3.8, 4) is 0 Å². The molecule has 0 spiro atoms. The van der Waals surface area contributed by atoms with Gasteiger partial charge in [0, 0.05) is 26.9 Å². The second kappa shape index (κ2) is 5.21. The van der Waals surface area contributed by atoms with E-state index in [1.165, 1.54) is 12.1 Å². The third-order valence-electron chi connectivity index (χ3n) is 3.00. The van der Waals surface area contributed by atoms with E-state index in [9.17, 15) is 4.39 Å². The monoisotopic (exact) mass is 330 g/mol. The first kappa shape index (κ1) is 13.1. The summed E-state index contributed by atoms with van der Waals surface area (Å²) in [5.41, 5.74) is 3.46. The Morgan fingerprint density at radius 2 is 1.95 bits per heavy atom. The molecule has 0 unspecified atom stereocenters. The van der Waals surface area contributed by atoms with Crippen LogP contribution < -0.4 is 5.32 Å². The minimum Gasteiger partial charge on any atom is -0.355 e. The number of rotatable bonds is 2. The molecule has 0 saturated heterocycles. The second-order valence-corrected chi connectivity index (χ2v) is 5.52. The zero-order valence-corrected chi connectivity index (χ0v) is 12.4. The average Bonchev–Trinajstić information content (AvgIpc) is 2.39. The molecule has 3 aromatic rings. The lowest BCUT2D eigenvalue weighted by Gasteiger charge is -2.11. The number of benzene rings is 2. The number of anilines is 2. The van der Waals surface area contributed by atoms with Gasteiger partial charge in [0.2, 0.25) is 0 Å². The molecule has 0 amide bonds. The highest BCUT2D eigenvalue weighted by atomic mass is 79.9. The Labute approximate surface area is 124 Å². The first-order chi connectivity index (χ1) is 9.61. The molecule has 1 N–H and O–H groups in total. The minimum absolute atomic E-state index is 0.258. The topological polar surface area (TPSA) is 24.9 Å². The summed E-state index contributed by atoms with van der Waals surface area (Å²) in [4.78, 5) is 4.50. The third kappa shape index (κ3) is 2.65. The number of pyridine rings is 1. The van der Waals surface area contributed by atoms with Crippen LogP contribution in [0, 0.1) is 12.7 Å². The quantitative estimate of drug-likeness (QED) is 0.699. The van der Waals surface area contributed by atoms with Crippen molar-refractivity contribution in [2.75, 3.05) is 5.32 Å². The predicted octanol–water partition coefficient (Wildman–Crippen LogP) is 5.19. The van der Waals surface area contributed by atoms with Crippen molar-refractivity contribution in [3.05, 3.63) is 64.5 Å². The van der Waals surface area contributed by atoms with E-state index in [0.717, 1.165) is 32.4 Å². The molecule has 2 aromatic carbocycles. The van der Waals surface area contributed by atoms with Gasteiger partial charge < -0.3 is 5.32 Å². The number of hydrogen-bond donors (Lipinski definition) is 1. The van der Waals surface area contributed by atoms with Gasteiger partial charge in [-0.3, -0.25) is 4.98 Å². The SMILES string of the molecule is Cc1cc(Nc2cccc(F)c2)c2cc(Br)ccc2n1. The lowest BCUT2D eigenvalue weighted by atomic mass is 10.1. The summed E-state index contributed by atoms with van der Waals surface area (Å²) in [6, 6.07) is 14.3. The predicted molar refractivity (Wildman–Crippen MR) is 83.9 cm³/mol. The van der Waals surface area contributed by atoms with Crippen LogP contribution in [-0.2, 0) is 0 Å². The van der Waals surface area contributed by atoms with E-state index >= 15 is 0 Å². The maximum Gasteiger partial charge on any atom is 0.125 e. The number of hydrogen-bond acceptors (Lipinski definition) is 2. The summed E-state index contributed by atoms with van der Waals surface area (Å²) in [5, 5.41) is 4.25. The molecule has 1 heterocycles. The van der Waals surface area contributed by atoms with Crippen LogP contribution in [0.15, 0.2) is 53.0 Å². The van der Waals surface area contributed by atoms with E-state index in [1.807, 2.05) is 37.3 Å². The molecule has 0 fully saturated rings. The highest BCUT2D eigenvalue weighted by Gasteiger charge is 2.05. The summed E-state index contributed by atoms with van der Waals surface area (Å²) in [6.45, 7) is 1.94. The number of fused-ring (bicyclic) bond motifs is 1. The van der Waals surface area contributed by atoms with Crippen LogP contribution in [0.25, 0.3) is 10.9 Å². The average molecular weight is 331 g/mol. The number of nitrogens with one attached hydrogen (secondary N) is 1. The van der Waals surface area contributed by atoms with Gasteiger partial charge >= 0.3 is 0 Å². The summed E-state index contributed by atoms with van der Waals surface area (Å²) in [5.74, 6) is -0.258. The van der Waals surface area contributed by atoms with E-state index in [1.54, 1.807) is 6.07 Å². The standard InChI is InChI=1S/C16H12BrFN2/c1-10-7-16(20-13-4-2-3-12(18)9-13)14-8-11(17)5-6-15(14)19-10/h2-9H,1H3,(H,19,20). The molecule has 4 heteroatoms. The molecule has 0 atom stereocenters. The fourth-order valence-corrected chi connectivity index (χ4v) is 2.52. The number of aryl methyl sites for hydroxylation is 1. The summed E-state index contributed by atoms with van der Waals surface area (Å²) in [6.07, 6.45) is 0. The van der Waals surface area contributed by atoms with Gasteiger partial charge in [0.25, 0.3) is 0 Å². The molecule has 0 saturated carbocycles. The van der Waals surface area contributed by atoms with E-state index in [0.29, 0.717) is 0 Å². The molecule has 0 bridgehead atoms. The van der Waals surface area contributed by atoms with E-state index < -0.39 is 0 Å². The molecule has 20 heavy (non-hydrogen) atoms. The molecular formula is C16H12BrFN2. The van der Waals surface area contributed by atoms with Crippen LogP contribution >= 0.6 is 15.9 Å². The number of nitrogens with zero attached hydrogens (tertiary/aromatic N) is 1. The number of halogens is 2. The van der Waals surface area contributed by atoms with E-state index in [-0.39, 0.29) is 5.82 Å². The van der Waals surface area contributed by atoms with Crippen molar-refractivity contribution in [1.82, 2.24) is 4.98 Å². The maximum absolute atomic E-state index is 13.3. The van der Waals surface area contributed by atoms with Crippen LogP contribution in [0.4, 0.5) is 15.8 Å². The Morgan fingerprint density at radius 1 is 1.10 bits per heavy atom. The summed E-state index contributed by atoms with van der Waals surface area (Å²) < 4.78 is 14.3. The molecule has 0 radical (unpaired) electrons. The molecule has 0 aliphatic carbocycles. The molecule has 0 aliphatic heterocycles. The van der Waals surface area contributed by atoms with Gasteiger partial charge in [-0.1, -0.05) is 22.0 Å². The van der Waals surface area contributed by atoms with Gasteiger partial charge in [0.1, 0.15) is 5.82 Å².